The molecule has 2 aliphatic rings. The van der Waals surface area contributed by atoms with E-state index in [0.717, 1.165) is 30.6 Å². The summed E-state index contributed by atoms with van der Waals surface area (Å²) in [4.78, 5) is 4.24. The highest BCUT2D eigenvalue weighted by Crippen LogP contribution is 2.16. The lowest BCUT2D eigenvalue weighted by Gasteiger charge is -2.26. The molecule has 156 valence electrons. The molecule has 8 nitrogen and oxygen atoms in total. The Morgan fingerprint density at radius 1 is 1.18 bits per heavy atom. The molecule has 1 unspecified atom stereocenters. The maximum absolute atomic E-state index is 12.8. The minimum absolute atomic E-state index is 0.00715. The second-order valence-electron chi connectivity index (χ2n) is 6.98. The summed E-state index contributed by atoms with van der Waals surface area (Å²) >= 11 is 0. The average Bonchev–Trinajstić information content (AvgIpc) is 3.23. The van der Waals surface area contributed by atoms with E-state index in [9.17, 15) is 8.42 Å². The molecule has 0 aliphatic carbocycles. The SMILES string of the molecule is CN=C(NCc1ccccc1CS(=O)(=O)N1CCOCC1)NCC1CCCO1. The Bertz CT molecular complexity index is 757. The second kappa shape index (κ2) is 10.2. The van der Waals surface area contributed by atoms with Crippen LogP contribution in [-0.4, -0.2) is 71.3 Å². The number of ether oxygens (including phenoxy) is 2. The lowest BCUT2D eigenvalue weighted by Crippen LogP contribution is -2.42. The lowest BCUT2D eigenvalue weighted by atomic mass is 10.1. The van der Waals surface area contributed by atoms with E-state index in [1.54, 1.807) is 7.05 Å². The van der Waals surface area contributed by atoms with E-state index in [1.165, 1.54) is 4.31 Å². The number of hydrogen-bond acceptors (Lipinski definition) is 5. The van der Waals surface area contributed by atoms with E-state index >= 15 is 0 Å². The minimum atomic E-state index is -3.36. The van der Waals surface area contributed by atoms with Crippen LogP contribution < -0.4 is 10.6 Å². The molecule has 28 heavy (non-hydrogen) atoms. The summed E-state index contributed by atoms with van der Waals surface area (Å²) in [5, 5.41) is 6.54. The molecule has 3 rings (SSSR count). The number of morpholine rings is 1. The fraction of sp³-hybridized carbons (Fsp3) is 0.632. The number of nitrogens with one attached hydrogen (secondary N) is 2. The van der Waals surface area contributed by atoms with Gasteiger partial charge in [-0.2, -0.15) is 4.31 Å². The van der Waals surface area contributed by atoms with Gasteiger partial charge in [0.2, 0.25) is 10.0 Å². The zero-order chi connectivity index (χ0) is 19.8. The van der Waals surface area contributed by atoms with Crippen molar-refractivity contribution in [3.05, 3.63) is 35.4 Å². The highest BCUT2D eigenvalue weighted by molar-refractivity contribution is 7.88. The number of rotatable bonds is 7. The van der Waals surface area contributed by atoms with Crippen molar-refractivity contribution in [2.24, 2.45) is 4.99 Å². The van der Waals surface area contributed by atoms with Crippen molar-refractivity contribution in [3.8, 4) is 0 Å². The first kappa shape index (κ1) is 21.0. The molecule has 9 heteroatoms. The van der Waals surface area contributed by atoms with Gasteiger partial charge in [-0.1, -0.05) is 24.3 Å². The van der Waals surface area contributed by atoms with Gasteiger partial charge in [0, 0.05) is 39.8 Å². The third-order valence-electron chi connectivity index (χ3n) is 5.01. The summed E-state index contributed by atoms with van der Waals surface area (Å²) < 4.78 is 37.9. The van der Waals surface area contributed by atoms with Crippen molar-refractivity contribution in [2.75, 3.05) is 46.5 Å². The Morgan fingerprint density at radius 2 is 1.93 bits per heavy atom. The zero-order valence-corrected chi connectivity index (χ0v) is 17.2. The van der Waals surface area contributed by atoms with Gasteiger partial charge in [-0.25, -0.2) is 8.42 Å². The minimum Gasteiger partial charge on any atom is -0.379 e. The van der Waals surface area contributed by atoms with E-state index in [-0.39, 0.29) is 11.9 Å². The van der Waals surface area contributed by atoms with Crippen LogP contribution in [0, 0.1) is 0 Å². The van der Waals surface area contributed by atoms with Crippen LogP contribution in [0.4, 0.5) is 0 Å². The van der Waals surface area contributed by atoms with Crippen LogP contribution in [0.5, 0.6) is 0 Å². The average molecular weight is 411 g/mol. The highest BCUT2D eigenvalue weighted by Gasteiger charge is 2.25. The first-order valence-electron chi connectivity index (χ1n) is 9.77. The Morgan fingerprint density at radius 3 is 2.61 bits per heavy atom. The summed E-state index contributed by atoms with van der Waals surface area (Å²) in [6.45, 7) is 3.78. The largest absolute Gasteiger partial charge is 0.379 e. The molecule has 1 aromatic rings. The van der Waals surface area contributed by atoms with Gasteiger partial charge in [0.1, 0.15) is 0 Å². The molecule has 0 aromatic heterocycles. The summed E-state index contributed by atoms with van der Waals surface area (Å²) in [7, 11) is -1.64. The molecule has 1 atom stereocenters. The van der Waals surface area contributed by atoms with Crippen molar-refractivity contribution in [1.82, 2.24) is 14.9 Å². The van der Waals surface area contributed by atoms with E-state index in [0.29, 0.717) is 45.4 Å². The van der Waals surface area contributed by atoms with Gasteiger partial charge in [0.25, 0.3) is 0 Å². The lowest BCUT2D eigenvalue weighted by molar-refractivity contribution is 0.0729. The van der Waals surface area contributed by atoms with Crippen LogP contribution in [-0.2, 0) is 31.8 Å². The van der Waals surface area contributed by atoms with Gasteiger partial charge in [-0.05, 0) is 24.0 Å². The molecule has 2 N–H and O–H groups in total. The van der Waals surface area contributed by atoms with Crippen molar-refractivity contribution < 1.29 is 17.9 Å². The van der Waals surface area contributed by atoms with Crippen LogP contribution in [0.25, 0.3) is 0 Å². The Kier molecular flexibility index (Phi) is 7.66. The number of benzene rings is 1. The first-order chi connectivity index (χ1) is 13.6. The molecule has 0 radical (unpaired) electrons. The highest BCUT2D eigenvalue weighted by atomic mass is 32.2. The summed E-state index contributed by atoms with van der Waals surface area (Å²) in [5.74, 6) is 0.675. The number of aliphatic imine (C=N–C) groups is 1. The van der Waals surface area contributed by atoms with Gasteiger partial charge < -0.3 is 20.1 Å². The summed E-state index contributed by atoms with van der Waals surface area (Å²) in [6.07, 6.45) is 2.39. The number of hydrogen-bond donors (Lipinski definition) is 2. The van der Waals surface area contributed by atoms with E-state index in [1.807, 2.05) is 24.3 Å². The predicted molar refractivity (Wildman–Crippen MR) is 109 cm³/mol. The van der Waals surface area contributed by atoms with Crippen molar-refractivity contribution in [3.63, 3.8) is 0 Å². The van der Waals surface area contributed by atoms with Gasteiger partial charge in [0.05, 0.1) is 25.1 Å². The standard InChI is InChI=1S/C19H30N4O4S/c1-20-19(22-14-18-7-4-10-27-18)21-13-16-5-2-3-6-17(16)15-28(24,25)23-8-11-26-12-9-23/h2-3,5-6,18H,4,7-15H2,1H3,(H2,20,21,22). The van der Waals surface area contributed by atoms with Gasteiger partial charge in [0.15, 0.2) is 5.96 Å². The molecule has 2 fully saturated rings. The second-order valence-corrected chi connectivity index (χ2v) is 8.95. The number of guanidine groups is 1. The monoisotopic (exact) mass is 410 g/mol. The van der Waals surface area contributed by atoms with Crippen molar-refractivity contribution >= 4 is 16.0 Å². The van der Waals surface area contributed by atoms with Gasteiger partial charge in [-0.3, -0.25) is 4.99 Å². The molecule has 0 saturated carbocycles. The van der Waals surface area contributed by atoms with E-state index < -0.39 is 10.0 Å². The number of sulfonamides is 1. The van der Waals surface area contributed by atoms with E-state index in [2.05, 4.69) is 15.6 Å². The fourth-order valence-corrected chi connectivity index (χ4v) is 4.96. The number of nitrogens with zero attached hydrogens (tertiary/aromatic N) is 2. The molecule has 2 heterocycles. The Balaban J connectivity index is 1.58. The maximum Gasteiger partial charge on any atom is 0.218 e. The quantitative estimate of drug-likeness (QED) is 0.508. The first-order valence-corrected chi connectivity index (χ1v) is 11.4. The Labute approximate surface area is 167 Å². The summed E-state index contributed by atoms with van der Waals surface area (Å²) in [5.41, 5.74) is 1.75. The Hall–Kier alpha value is -1.68. The molecular formula is C19H30N4O4S. The van der Waals surface area contributed by atoms with Crippen molar-refractivity contribution in [2.45, 2.75) is 31.2 Å². The van der Waals surface area contributed by atoms with Gasteiger partial charge >= 0.3 is 0 Å². The van der Waals surface area contributed by atoms with Crippen LogP contribution in [0.1, 0.15) is 24.0 Å². The summed E-state index contributed by atoms with van der Waals surface area (Å²) in [6, 6.07) is 7.62. The normalized spacial score (nSPS) is 21.6. The van der Waals surface area contributed by atoms with E-state index in [4.69, 9.17) is 9.47 Å². The van der Waals surface area contributed by atoms with Crippen LogP contribution in [0.2, 0.25) is 0 Å². The molecule has 1 aromatic carbocycles. The van der Waals surface area contributed by atoms with Crippen LogP contribution >= 0.6 is 0 Å². The molecule has 2 saturated heterocycles. The third kappa shape index (κ3) is 5.91. The molecule has 0 spiro atoms. The molecular weight excluding hydrogens is 380 g/mol. The predicted octanol–water partition coefficient (Wildman–Crippen LogP) is 0.693. The van der Waals surface area contributed by atoms with Crippen LogP contribution in [0.3, 0.4) is 0 Å². The zero-order valence-electron chi connectivity index (χ0n) is 16.4. The fourth-order valence-electron chi connectivity index (χ4n) is 3.40. The van der Waals surface area contributed by atoms with Crippen molar-refractivity contribution in [1.29, 1.82) is 0 Å². The molecule has 2 aliphatic heterocycles. The topological polar surface area (TPSA) is 92.3 Å². The van der Waals surface area contributed by atoms with Crippen LogP contribution in [0.15, 0.2) is 29.3 Å². The molecule has 0 amide bonds. The van der Waals surface area contributed by atoms with Gasteiger partial charge in [-0.15, -0.1) is 0 Å². The molecule has 0 bridgehead atoms. The maximum atomic E-state index is 12.8. The third-order valence-corrected chi connectivity index (χ3v) is 6.84. The smallest absolute Gasteiger partial charge is 0.218 e.